The van der Waals surface area contributed by atoms with Gasteiger partial charge in [-0.25, -0.2) is 9.78 Å². The highest BCUT2D eigenvalue weighted by Crippen LogP contribution is 2.30. The Hall–Kier alpha value is -3.71. The number of benzene rings is 2. The van der Waals surface area contributed by atoms with Gasteiger partial charge < -0.3 is 14.2 Å². The molecule has 7 heteroatoms. The van der Waals surface area contributed by atoms with E-state index in [4.69, 9.17) is 14.2 Å². The fraction of sp³-hybridized carbons (Fsp3) is 0.300. The number of thiazole rings is 1. The van der Waals surface area contributed by atoms with Crippen LogP contribution in [0.4, 0.5) is 0 Å². The summed E-state index contributed by atoms with van der Waals surface area (Å²) in [7, 11) is 1.33. The molecule has 4 rings (SSSR count). The number of esters is 1. The lowest BCUT2D eigenvalue weighted by Gasteiger charge is -2.16. The summed E-state index contributed by atoms with van der Waals surface area (Å²) in [5.41, 5.74) is 3.61. The topological polar surface area (TPSA) is 70.5 Å². The van der Waals surface area contributed by atoms with Gasteiger partial charge in [0.1, 0.15) is 28.9 Å². The standard InChI is InChI=1S/C30H32N2O4S/c1-4-6-21(7-5-2)22-8-12-25(13-9-22)36-26-14-10-23(11-15-26)28-20-37-29(32-28)19-35-27-16-24(17-31-18-27)30(33)34-3/h8-18,20-21H,4-7,19H2,1-3H3. The molecular weight excluding hydrogens is 484 g/mol. The van der Waals surface area contributed by atoms with Gasteiger partial charge in [0.25, 0.3) is 0 Å². The molecule has 0 aliphatic rings. The monoisotopic (exact) mass is 516 g/mol. The Labute approximate surface area is 222 Å². The smallest absolute Gasteiger partial charge is 0.339 e. The van der Waals surface area contributed by atoms with E-state index < -0.39 is 5.97 Å². The van der Waals surface area contributed by atoms with Crippen molar-refractivity contribution in [2.75, 3.05) is 7.11 Å². The van der Waals surface area contributed by atoms with Crippen LogP contribution >= 0.6 is 11.3 Å². The average molecular weight is 517 g/mol. The van der Waals surface area contributed by atoms with E-state index >= 15 is 0 Å². The first kappa shape index (κ1) is 26.4. The molecule has 0 atom stereocenters. The quantitative estimate of drug-likeness (QED) is 0.177. The first-order chi connectivity index (χ1) is 18.1. The van der Waals surface area contributed by atoms with Crippen molar-refractivity contribution in [1.82, 2.24) is 9.97 Å². The molecule has 0 spiro atoms. The van der Waals surface area contributed by atoms with Crippen LogP contribution in [0.2, 0.25) is 0 Å². The zero-order chi connectivity index (χ0) is 26.0. The van der Waals surface area contributed by atoms with Gasteiger partial charge in [0.2, 0.25) is 0 Å². The molecule has 37 heavy (non-hydrogen) atoms. The number of aromatic nitrogens is 2. The van der Waals surface area contributed by atoms with E-state index in [1.807, 2.05) is 29.6 Å². The molecule has 6 nitrogen and oxygen atoms in total. The third-order valence-electron chi connectivity index (χ3n) is 6.06. The van der Waals surface area contributed by atoms with Crippen LogP contribution in [-0.2, 0) is 11.3 Å². The third kappa shape index (κ3) is 7.17. The van der Waals surface area contributed by atoms with Crippen LogP contribution < -0.4 is 9.47 Å². The Balaban J connectivity index is 1.34. The second-order valence-corrected chi connectivity index (χ2v) is 9.73. The summed E-state index contributed by atoms with van der Waals surface area (Å²) in [6, 6.07) is 18.0. The molecular formula is C30H32N2O4S. The molecule has 0 bridgehead atoms. The number of carbonyl (C=O) groups is 1. The van der Waals surface area contributed by atoms with Crippen LogP contribution in [0.15, 0.2) is 72.4 Å². The van der Waals surface area contributed by atoms with Crippen LogP contribution in [0.3, 0.4) is 0 Å². The van der Waals surface area contributed by atoms with Crippen molar-refractivity contribution in [3.8, 4) is 28.5 Å². The van der Waals surface area contributed by atoms with Gasteiger partial charge in [-0.15, -0.1) is 11.3 Å². The van der Waals surface area contributed by atoms with E-state index in [1.54, 1.807) is 12.3 Å². The average Bonchev–Trinajstić information content (AvgIpc) is 3.41. The summed E-state index contributed by atoms with van der Waals surface area (Å²) < 4.78 is 16.6. The molecule has 2 heterocycles. The van der Waals surface area contributed by atoms with Gasteiger partial charge in [0, 0.05) is 17.1 Å². The highest BCUT2D eigenvalue weighted by molar-refractivity contribution is 7.09. The molecule has 192 valence electrons. The molecule has 2 aromatic carbocycles. The van der Waals surface area contributed by atoms with Crippen molar-refractivity contribution >= 4 is 17.3 Å². The summed E-state index contributed by atoms with van der Waals surface area (Å²) in [4.78, 5) is 20.4. The lowest BCUT2D eigenvalue weighted by Crippen LogP contribution is -2.03. The van der Waals surface area contributed by atoms with Gasteiger partial charge in [-0.2, -0.15) is 0 Å². The molecule has 2 aromatic heterocycles. The second kappa shape index (κ2) is 13.0. The second-order valence-electron chi connectivity index (χ2n) is 8.79. The summed E-state index contributed by atoms with van der Waals surface area (Å²) in [6.45, 7) is 4.77. The van der Waals surface area contributed by atoms with Crippen LogP contribution in [0, 0.1) is 0 Å². The molecule has 0 saturated carbocycles. The molecule has 0 fully saturated rings. The molecule has 0 radical (unpaired) electrons. The minimum Gasteiger partial charge on any atom is -0.485 e. The molecule has 0 aliphatic heterocycles. The third-order valence-corrected chi connectivity index (χ3v) is 6.88. The van der Waals surface area contributed by atoms with Crippen molar-refractivity contribution in [2.45, 2.75) is 52.1 Å². The summed E-state index contributed by atoms with van der Waals surface area (Å²) in [6.07, 6.45) is 7.84. The molecule has 0 saturated heterocycles. The summed E-state index contributed by atoms with van der Waals surface area (Å²) in [5, 5.41) is 2.82. The van der Waals surface area contributed by atoms with Gasteiger partial charge in [-0.05, 0) is 66.8 Å². The minimum absolute atomic E-state index is 0.283. The zero-order valence-corrected chi connectivity index (χ0v) is 22.3. The Kier molecular flexibility index (Phi) is 9.27. The fourth-order valence-corrected chi connectivity index (χ4v) is 4.91. The molecule has 0 amide bonds. The zero-order valence-electron chi connectivity index (χ0n) is 21.5. The van der Waals surface area contributed by atoms with Gasteiger partial charge >= 0.3 is 5.97 Å². The first-order valence-corrected chi connectivity index (χ1v) is 13.5. The number of nitrogens with zero attached hydrogens (tertiary/aromatic N) is 2. The predicted octanol–water partition coefficient (Wildman–Crippen LogP) is 8.05. The van der Waals surface area contributed by atoms with Crippen molar-refractivity contribution in [1.29, 1.82) is 0 Å². The van der Waals surface area contributed by atoms with E-state index in [-0.39, 0.29) is 6.61 Å². The van der Waals surface area contributed by atoms with E-state index in [2.05, 4.69) is 48.1 Å². The SMILES string of the molecule is CCCC(CCC)c1ccc(Oc2ccc(-c3csc(COc4cncc(C(=O)OC)c4)n3)cc2)cc1. The van der Waals surface area contributed by atoms with Crippen LogP contribution in [0.25, 0.3) is 11.3 Å². The minimum atomic E-state index is -0.452. The number of carbonyl (C=O) groups excluding carboxylic acids is 1. The fourth-order valence-electron chi connectivity index (χ4n) is 4.19. The van der Waals surface area contributed by atoms with Gasteiger partial charge in [-0.1, -0.05) is 38.8 Å². The van der Waals surface area contributed by atoms with Crippen LogP contribution in [0.5, 0.6) is 17.2 Å². The van der Waals surface area contributed by atoms with Crippen molar-refractivity contribution in [3.63, 3.8) is 0 Å². The van der Waals surface area contributed by atoms with Gasteiger partial charge in [-0.3, -0.25) is 4.98 Å². The predicted molar refractivity (Wildman–Crippen MR) is 147 cm³/mol. The summed E-state index contributed by atoms with van der Waals surface area (Å²) >= 11 is 1.52. The van der Waals surface area contributed by atoms with E-state index in [1.165, 1.54) is 55.9 Å². The maximum atomic E-state index is 11.7. The van der Waals surface area contributed by atoms with Crippen LogP contribution in [0.1, 0.15) is 66.4 Å². The van der Waals surface area contributed by atoms with Gasteiger partial charge in [0.05, 0.1) is 24.6 Å². The van der Waals surface area contributed by atoms with E-state index in [0.29, 0.717) is 17.2 Å². The Bertz CT molecular complexity index is 1280. The lowest BCUT2D eigenvalue weighted by molar-refractivity contribution is 0.0599. The number of methoxy groups -OCH3 is 1. The number of hydrogen-bond donors (Lipinski definition) is 0. The number of pyridine rings is 1. The maximum Gasteiger partial charge on any atom is 0.339 e. The first-order valence-electron chi connectivity index (χ1n) is 12.6. The largest absolute Gasteiger partial charge is 0.485 e. The van der Waals surface area contributed by atoms with Crippen molar-refractivity contribution < 1.29 is 19.0 Å². The molecule has 0 aliphatic carbocycles. The Morgan fingerprint density at radius 2 is 1.59 bits per heavy atom. The normalized spacial score (nSPS) is 10.9. The number of rotatable bonds is 12. The highest BCUT2D eigenvalue weighted by Gasteiger charge is 2.11. The lowest BCUT2D eigenvalue weighted by atomic mass is 9.90. The van der Waals surface area contributed by atoms with E-state index in [0.717, 1.165) is 27.8 Å². The molecule has 0 unspecified atom stereocenters. The molecule has 4 aromatic rings. The maximum absolute atomic E-state index is 11.7. The Morgan fingerprint density at radius 1 is 0.919 bits per heavy atom. The van der Waals surface area contributed by atoms with Crippen molar-refractivity contribution in [3.05, 3.63) is 88.5 Å². The Morgan fingerprint density at radius 3 is 2.24 bits per heavy atom. The summed E-state index contributed by atoms with van der Waals surface area (Å²) in [5.74, 6) is 2.28. The number of ether oxygens (including phenoxy) is 3. The number of hydrogen-bond acceptors (Lipinski definition) is 7. The highest BCUT2D eigenvalue weighted by atomic mass is 32.1. The van der Waals surface area contributed by atoms with Crippen molar-refractivity contribution in [2.24, 2.45) is 0 Å². The van der Waals surface area contributed by atoms with Gasteiger partial charge in [0.15, 0.2) is 0 Å². The van der Waals surface area contributed by atoms with Crippen LogP contribution in [-0.4, -0.2) is 23.0 Å². The molecule has 0 N–H and O–H groups in total. The van der Waals surface area contributed by atoms with E-state index in [9.17, 15) is 4.79 Å².